The Morgan fingerprint density at radius 3 is 2.64 bits per heavy atom. The van der Waals surface area contributed by atoms with Crippen LogP contribution in [0.2, 0.25) is 0 Å². The van der Waals surface area contributed by atoms with E-state index < -0.39 is 5.82 Å². The second-order valence-electron chi connectivity index (χ2n) is 5.15. The molecule has 114 valence electrons. The molecule has 1 aliphatic heterocycles. The molecule has 0 unspecified atom stereocenters. The summed E-state index contributed by atoms with van der Waals surface area (Å²) in [6, 6.07) is 9.58. The maximum absolute atomic E-state index is 13.7. The molecule has 1 fully saturated rings. The first-order valence-electron chi connectivity index (χ1n) is 7.22. The standard InChI is InChI=1S/C16H16FN3O2/c17-14-5-2-1-4-13(14)16(21)20-10-7-12(8-11-20)22-15-6-3-9-18-19-15/h1-6,9,12H,7-8,10-11H2. The highest BCUT2D eigenvalue weighted by Gasteiger charge is 2.26. The maximum Gasteiger partial charge on any atom is 0.256 e. The number of rotatable bonds is 3. The summed E-state index contributed by atoms with van der Waals surface area (Å²) in [7, 11) is 0. The van der Waals surface area contributed by atoms with E-state index in [-0.39, 0.29) is 17.6 Å². The number of nitrogens with zero attached hydrogens (tertiary/aromatic N) is 3. The molecule has 1 amide bonds. The quantitative estimate of drug-likeness (QED) is 0.873. The number of ether oxygens (including phenoxy) is 1. The fourth-order valence-electron chi connectivity index (χ4n) is 2.50. The van der Waals surface area contributed by atoms with Crippen molar-refractivity contribution in [1.82, 2.24) is 15.1 Å². The molecule has 0 aliphatic carbocycles. The number of hydrogen-bond donors (Lipinski definition) is 0. The first kappa shape index (κ1) is 14.4. The summed E-state index contributed by atoms with van der Waals surface area (Å²) in [6.45, 7) is 1.08. The van der Waals surface area contributed by atoms with E-state index in [2.05, 4.69) is 10.2 Å². The SMILES string of the molecule is O=C(c1ccccc1F)N1CCC(Oc2cccnn2)CC1. The van der Waals surface area contributed by atoms with Gasteiger partial charge in [0, 0.05) is 38.2 Å². The van der Waals surface area contributed by atoms with Gasteiger partial charge in [0.15, 0.2) is 0 Å². The number of carbonyl (C=O) groups is 1. The summed E-state index contributed by atoms with van der Waals surface area (Å²) in [5.74, 6) is -0.261. The van der Waals surface area contributed by atoms with Gasteiger partial charge in [0.05, 0.1) is 5.56 Å². The molecule has 3 rings (SSSR count). The van der Waals surface area contributed by atoms with Gasteiger partial charge in [-0.25, -0.2) is 4.39 Å². The van der Waals surface area contributed by atoms with Crippen molar-refractivity contribution >= 4 is 5.91 Å². The van der Waals surface area contributed by atoms with Crippen molar-refractivity contribution in [1.29, 1.82) is 0 Å². The number of halogens is 1. The Bertz CT molecular complexity index is 643. The average Bonchev–Trinajstić information content (AvgIpc) is 2.56. The molecule has 1 aromatic heterocycles. The summed E-state index contributed by atoms with van der Waals surface area (Å²) >= 11 is 0. The number of piperidine rings is 1. The molecule has 0 N–H and O–H groups in total. The monoisotopic (exact) mass is 301 g/mol. The Labute approximate surface area is 127 Å². The molecule has 22 heavy (non-hydrogen) atoms. The minimum atomic E-state index is -0.481. The molecule has 2 heterocycles. The van der Waals surface area contributed by atoms with E-state index in [0.717, 1.165) is 0 Å². The minimum Gasteiger partial charge on any atom is -0.473 e. The smallest absolute Gasteiger partial charge is 0.256 e. The highest BCUT2D eigenvalue weighted by Crippen LogP contribution is 2.19. The van der Waals surface area contributed by atoms with E-state index in [1.807, 2.05) is 0 Å². The van der Waals surface area contributed by atoms with Crippen molar-refractivity contribution in [3.8, 4) is 5.88 Å². The van der Waals surface area contributed by atoms with Gasteiger partial charge in [-0.15, -0.1) is 5.10 Å². The maximum atomic E-state index is 13.7. The molecule has 0 spiro atoms. The molecule has 0 atom stereocenters. The lowest BCUT2D eigenvalue weighted by Gasteiger charge is -2.31. The number of hydrogen-bond acceptors (Lipinski definition) is 4. The van der Waals surface area contributed by atoms with Crippen molar-refractivity contribution in [2.24, 2.45) is 0 Å². The number of aromatic nitrogens is 2. The van der Waals surface area contributed by atoms with Gasteiger partial charge in [-0.05, 0) is 18.2 Å². The molecule has 0 bridgehead atoms. The normalized spacial score (nSPS) is 15.6. The highest BCUT2D eigenvalue weighted by atomic mass is 19.1. The largest absolute Gasteiger partial charge is 0.473 e. The Morgan fingerprint density at radius 2 is 1.95 bits per heavy atom. The van der Waals surface area contributed by atoms with E-state index in [4.69, 9.17) is 4.74 Å². The third-order valence-electron chi connectivity index (χ3n) is 3.67. The Morgan fingerprint density at radius 1 is 1.18 bits per heavy atom. The van der Waals surface area contributed by atoms with E-state index in [1.165, 1.54) is 12.1 Å². The lowest BCUT2D eigenvalue weighted by Crippen LogP contribution is -2.42. The van der Waals surface area contributed by atoms with Crippen LogP contribution in [0.3, 0.4) is 0 Å². The summed E-state index contributed by atoms with van der Waals surface area (Å²) in [6.07, 6.45) is 2.97. The van der Waals surface area contributed by atoms with Crippen LogP contribution in [0.15, 0.2) is 42.6 Å². The van der Waals surface area contributed by atoms with Gasteiger partial charge in [-0.3, -0.25) is 4.79 Å². The third-order valence-corrected chi connectivity index (χ3v) is 3.67. The molecule has 1 aromatic carbocycles. The fourth-order valence-corrected chi connectivity index (χ4v) is 2.50. The van der Waals surface area contributed by atoms with Gasteiger partial charge < -0.3 is 9.64 Å². The lowest BCUT2D eigenvalue weighted by molar-refractivity contribution is 0.0582. The minimum absolute atomic E-state index is 0.00127. The molecule has 1 aliphatic rings. The summed E-state index contributed by atoms with van der Waals surface area (Å²) in [5.41, 5.74) is 0.121. The van der Waals surface area contributed by atoms with Crippen molar-refractivity contribution in [3.63, 3.8) is 0 Å². The highest BCUT2D eigenvalue weighted by molar-refractivity contribution is 5.94. The summed E-state index contributed by atoms with van der Waals surface area (Å²) < 4.78 is 19.4. The van der Waals surface area contributed by atoms with Gasteiger partial charge >= 0.3 is 0 Å². The number of amides is 1. The first-order chi connectivity index (χ1) is 10.7. The zero-order valence-corrected chi connectivity index (χ0v) is 12.0. The molecule has 1 saturated heterocycles. The lowest BCUT2D eigenvalue weighted by atomic mass is 10.1. The average molecular weight is 301 g/mol. The zero-order valence-electron chi connectivity index (χ0n) is 12.0. The topological polar surface area (TPSA) is 55.3 Å². The fraction of sp³-hybridized carbons (Fsp3) is 0.312. The zero-order chi connectivity index (χ0) is 15.4. The van der Waals surface area contributed by atoms with Crippen LogP contribution in [-0.2, 0) is 0 Å². The molecule has 0 saturated carbocycles. The van der Waals surface area contributed by atoms with Crippen LogP contribution in [-0.4, -0.2) is 40.2 Å². The van der Waals surface area contributed by atoms with E-state index in [0.29, 0.717) is 31.8 Å². The van der Waals surface area contributed by atoms with Crippen LogP contribution in [0.1, 0.15) is 23.2 Å². The van der Waals surface area contributed by atoms with Crippen molar-refractivity contribution in [2.75, 3.05) is 13.1 Å². The number of likely N-dealkylation sites (tertiary alicyclic amines) is 1. The summed E-state index contributed by atoms with van der Waals surface area (Å²) in [5, 5.41) is 7.65. The predicted molar refractivity (Wildman–Crippen MR) is 78.0 cm³/mol. The van der Waals surface area contributed by atoms with Crippen molar-refractivity contribution < 1.29 is 13.9 Å². The van der Waals surface area contributed by atoms with Crippen LogP contribution in [0.25, 0.3) is 0 Å². The van der Waals surface area contributed by atoms with E-state index in [1.54, 1.807) is 35.4 Å². The van der Waals surface area contributed by atoms with E-state index in [9.17, 15) is 9.18 Å². The molecule has 0 radical (unpaired) electrons. The molecular formula is C16H16FN3O2. The molecule has 2 aromatic rings. The second kappa shape index (κ2) is 6.51. The first-order valence-corrected chi connectivity index (χ1v) is 7.22. The van der Waals surface area contributed by atoms with Crippen LogP contribution in [0, 0.1) is 5.82 Å². The molecule has 6 heteroatoms. The second-order valence-corrected chi connectivity index (χ2v) is 5.15. The Balaban J connectivity index is 1.58. The van der Waals surface area contributed by atoms with Gasteiger partial charge in [0.1, 0.15) is 11.9 Å². The van der Waals surface area contributed by atoms with Crippen LogP contribution >= 0.6 is 0 Å². The number of carbonyl (C=O) groups excluding carboxylic acids is 1. The van der Waals surface area contributed by atoms with Crippen LogP contribution < -0.4 is 4.74 Å². The van der Waals surface area contributed by atoms with Crippen molar-refractivity contribution in [3.05, 3.63) is 54.0 Å². The van der Waals surface area contributed by atoms with Crippen LogP contribution in [0.4, 0.5) is 4.39 Å². The van der Waals surface area contributed by atoms with Crippen molar-refractivity contribution in [2.45, 2.75) is 18.9 Å². The van der Waals surface area contributed by atoms with Gasteiger partial charge in [-0.2, -0.15) is 5.10 Å². The molecular weight excluding hydrogens is 285 g/mol. The van der Waals surface area contributed by atoms with Gasteiger partial charge in [-0.1, -0.05) is 12.1 Å². The summed E-state index contributed by atoms with van der Waals surface area (Å²) in [4.78, 5) is 14.0. The van der Waals surface area contributed by atoms with E-state index >= 15 is 0 Å². The number of benzene rings is 1. The third kappa shape index (κ3) is 3.21. The predicted octanol–water partition coefficient (Wildman–Crippen LogP) is 2.30. The Kier molecular flexibility index (Phi) is 4.27. The van der Waals surface area contributed by atoms with Crippen LogP contribution in [0.5, 0.6) is 5.88 Å². The van der Waals surface area contributed by atoms with Gasteiger partial charge in [0.25, 0.3) is 5.91 Å². The van der Waals surface area contributed by atoms with Gasteiger partial charge in [0.2, 0.25) is 5.88 Å². The Hall–Kier alpha value is -2.50. The molecule has 5 nitrogen and oxygen atoms in total.